The number of H-pyrrole nitrogens is 1. The van der Waals surface area contributed by atoms with E-state index in [2.05, 4.69) is 20.9 Å². The highest BCUT2D eigenvalue weighted by atomic mass is 79.9. The molecule has 1 N–H and O–H groups in total. The van der Waals surface area contributed by atoms with Crippen molar-refractivity contribution >= 4 is 50.8 Å². The molecule has 3 rings (SSSR count). The molecule has 0 atom stereocenters. The van der Waals surface area contributed by atoms with E-state index in [1.54, 1.807) is 6.07 Å². The molecule has 0 fully saturated rings. The van der Waals surface area contributed by atoms with Gasteiger partial charge in [-0.15, -0.1) is 0 Å². The van der Waals surface area contributed by atoms with Crippen molar-refractivity contribution in [2.75, 3.05) is 0 Å². The Morgan fingerprint density at radius 3 is 2.85 bits per heavy atom. The number of hydrogen-bond acceptors (Lipinski definition) is 1. The van der Waals surface area contributed by atoms with E-state index < -0.39 is 5.82 Å². The van der Waals surface area contributed by atoms with Crippen molar-refractivity contribution in [2.45, 2.75) is 6.92 Å². The number of fused-ring (bicyclic) bond motifs is 1. The van der Waals surface area contributed by atoms with Gasteiger partial charge in [0, 0.05) is 10.5 Å². The predicted molar refractivity (Wildman–Crippen MR) is 85.9 cm³/mol. The molecule has 2 nitrogen and oxygen atoms in total. The molecule has 2 aromatic carbocycles. The van der Waals surface area contributed by atoms with Gasteiger partial charge in [-0.2, -0.15) is 0 Å². The van der Waals surface area contributed by atoms with Gasteiger partial charge in [0.25, 0.3) is 0 Å². The molecule has 0 bridgehead atoms. The zero-order chi connectivity index (χ0) is 14.4. The summed E-state index contributed by atoms with van der Waals surface area (Å²) in [6.07, 6.45) is 0. The third-order valence-electron chi connectivity index (χ3n) is 3.14. The number of halogens is 3. The van der Waals surface area contributed by atoms with Gasteiger partial charge in [0.1, 0.15) is 5.82 Å². The SMILES string of the molecule is Cc1cccc(-n2c(=S)[nH]c3cc(F)c(Cl)cc32)c1Br. The summed E-state index contributed by atoms with van der Waals surface area (Å²) in [4.78, 5) is 3.00. The number of aromatic amines is 1. The van der Waals surface area contributed by atoms with Crippen molar-refractivity contribution in [2.24, 2.45) is 0 Å². The molecular weight excluding hydrogens is 363 g/mol. The van der Waals surface area contributed by atoms with Crippen molar-refractivity contribution in [3.8, 4) is 5.69 Å². The highest BCUT2D eigenvalue weighted by Crippen LogP contribution is 2.30. The van der Waals surface area contributed by atoms with Crippen LogP contribution in [0.2, 0.25) is 5.02 Å². The van der Waals surface area contributed by atoms with E-state index >= 15 is 0 Å². The second-order valence-electron chi connectivity index (χ2n) is 4.46. The maximum atomic E-state index is 13.5. The van der Waals surface area contributed by atoms with Crippen LogP contribution < -0.4 is 0 Å². The van der Waals surface area contributed by atoms with Crippen molar-refractivity contribution in [1.82, 2.24) is 9.55 Å². The molecule has 0 aliphatic carbocycles. The molecule has 102 valence electrons. The topological polar surface area (TPSA) is 20.7 Å². The fraction of sp³-hybridized carbons (Fsp3) is 0.0714. The van der Waals surface area contributed by atoms with Gasteiger partial charge in [-0.1, -0.05) is 23.7 Å². The third kappa shape index (κ3) is 2.10. The molecule has 20 heavy (non-hydrogen) atoms. The molecule has 0 amide bonds. The molecule has 0 spiro atoms. The minimum absolute atomic E-state index is 0.0732. The summed E-state index contributed by atoms with van der Waals surface area (Å²) in [6, 6.07) is 8.82. The van der Waals surface area contributed by atoms with E-state index in [0.29, 0.717) is 10.3 Å². The molecule has 1 heterocycles. The Morgan fingerprint density at radius 1 is 1.35 bits per heavy atom. The van der Waals surface area contributed by atoms with Gasteiger partial charge >= 0.3 is 0 Å². The van der Waals surface area contributed by atoms with Crippen molar-refractivity contribution in [3.05, 3.63) is 56.0 Å². The molecule has 0 radical (unpaired) electrons. The summed E-state index contributed by atoms with van der Waals surface area (Å²) in [5.74, 6) is -0.467. The maximum absolute atomic E-state index is 13.5. The Kier molecular flexibility index (Phi) is 3.44. The maximum Gasteiger partial charge on any atom is 0.182 e. The van der Waals surface area contributed by atoms with Gasteiger partial charge in [-0.05, 0) is 52.8 Å². The number of nitrogens with one attached hydrogen (secondary N) is 1. The summed E-state index contributed by atoms with van der Waals surface area (Å²) in [5, 5.41) is 0.0732. The van der Waals surface area contributed by atoms with Gasteiger partial charge in [-0.3, -0.25) is 4.57 Å². The minimum Gasteiger partial charge on any atom is -0.330 e. The first-order valence-electron chi connectivity index (χ1n) is 5.84. The lowest BCUT2D eigenvalue weighted by atomic mass is 10.2. The Bertz CT molecular complexity index is 885. The summed E-state index contributed by atoms with van der Waals surface area (Å²) < 4.78 is 16.8. The van der Waals surface area contributed by atoms with Crippen molar-refractivity contribution in [1.29, 1.82) is 0 Å². The van der Waals surface area contributed by atoms with E-state index in [0.717, 1.165) is 21.2 Å². The number of rotatable bonds is 1. The second-order valence-corrected chi connectivity index (χ2v) is 6.04. The first-order valence-corrected chi connectivity index (χ1v) is 7.42. The van der Waals surface area contributed by atoms with Crippen LogP contribution in [0.3, 0.4) is 0 Å². The monoisotopic (exact) mass is 370 g/mol. The quantitative estimate of drug-likeness (QED) is 0.556. The summed E-state index contributed by atoms with van der Waals surface area (Å²) >= 11 is 14.8. The van der Waals surface area contributed by atoms with Crippen LogP contribution in [0, 0.1) is 17.5 Å². The molecule has 0 saturated carbocycles. The molecule has 0 aliphatic heterocycles. The van der Waals surface area contributed by atoms with Gasteiger partial charge in [0.15, 0.2) is 4.77 Å². The Morgan fingerprint density at radius 2 is 2.10 bits per heavy atom. The average molecular weight is 372 g/mol. The molecule has 3 aromatic rings. The van der Waals surface area contributed by atoms with Crippen LogP contribution in [0.1, 0.15) is 5.56 Å². The number of nitrogens with zero attached hydrogens (tertiary/aromatic N) is 1. The van der Waals surface area contributed by atoms with E-state index in [-0.39, 0.29) is 5.02 Å². The zero-order valence-electron chi connectivity index (χ0n) is 10.4. The molecule has 0 unspecified atom stereocenters. The lowest BCUT2D eigenvalue weighted by Gasteiger charge is -2.09. The van der Waals surface area contributed by atoms with E-state index in [1.165, 1.54) is 6.07 Å². The van der Waals surface area contributed by atoms with E-state index in [9.17, 15) is 4.39 Å². The largest absolute Gasteiger partial charge is 0.330 e. The van der Waals surface area contributed by atoms with Crippen LogP contribution in [-0.2, 0) is 0 Å². The fourth-order valence-electron chi connectivity index (χ4n) is 2.15. The van der Waals surface area contributed by atoms with Gasteiger partial charge < -0.3 is 4.98 Å². The fourth-order valence-corrected chi connectivity index (χ4v) is 3.05. The number of aryl methyl sites for hydroxylation is 1. The first kappa shape index (κ1) is 13.8. The van der Waals surface area contributed by atoms with Crippen molar-refractivity contribution < 1.29 is 4.39 Å². The van der Waals surface area contributed by atoms with Crippen LogP contribution in [0.15, 0.2) is 34.8 Å². The molecule has 0 saturated heterocycles. The second kappa shape index (κ2) is 4.98. The highest BCUT2D eigenvalue weighted by Gasteiger charge is 2.13. The van der Waals surface area contributed by atoms with Crippen LogP contribution in [-0.4, -0.2) is 9.55 Å². The zero-order valence-corrected chi connectivity index (χ0v) is 13.5. The molecular formula is C14H9BrClFN2S. The number of aromatic nitrogens is 2. The minimum atomic E-state index is -0.467. The Hall–Kier alpha value is -1.17. The van der Waals surface area contributed by atoms with Gasteiger partial charge in [0.05, 0.1) is 21.7 Å². The summed E-state index contributed by atoms with van der Waals surface area (Å²) in [6.45, 7) is 2.00. The van der Waals surface area contributed by atoms with Gasteiger partial charge in [-0.25, -0.2) is 4.39 Å². The first-order chi connectivity index (χ1) is 9.49. The Labute approximate surface area is 133 Å². The number of imidazole rings is 1. The van der Waals surface area contributed by atoms with Gasteiger partial charge in [0.2, 0.25) is 0 Å². The van der Waals surface area contributed by atoms with E-state index in [4.69, 9.17) is 23.8 Å². The number of hydrogen-bond donors (Lipinski definition) is 1. The van der Waals surface area contributed by atoms with E-state index in [1.807, 2.05) is 29.7 Å². The number of benzene rings is 2. The standard InChI is InChI=1S/C14H9BrClFN2S/c1-7-3-2-4-11(13(7)15)19-12-5-8(16)9(17)6-10(12)18-14(19)20/h2-6H,1H3,(H,18,20). The van der Waals surface area contributed by atoms with Crippen LogP contribution in [0.25, 0.3) is 16.7 Å². The smallest absolute Gasteiger partial charge is 0.182 e. The third-order valence-corrected chi connectivity index (χ3v) is 4.74. The lowest BCUT2D eigenvalue weighted by Crippen LogP contribution is -1.96. The highest BCUT2D eigenvalue weighted by molar-refractivity contribution is 9.10. The summed E-state index contributed by atoms with van der Waals surface area (Å²) in [5.41, 5.74) is 3.34. The summed E-state index contributed by atoms with van der Waals surface area (Å²) in [7, 11) is 0. The lowest BCUT2D eigenvalue weighted by molar-refractivity contribution is 0.630. The molecule has 6 heteroatoms. The van der Waals surface area contributed by atoms with Crippen LogP contribution in [0.4, 0.5) is 4.39 Å². The normalized spacial score (nSPS) is 11.2. The molecule has 1 aromatic heterocycles. The average Bonchev–Trinajstić information content (AvgIpc) is 2.69. The predicted octanol–water partition coefficient (Wildman–Crippen LogP) is 5.55. The van der Waals surface area contributed by atoms with Crippen LogP contribution in [0.5, 0.6) is 0 Å². The molecule has 0 aliphatic rings. The van der Waals surface area contributed by atoms with Crippen molar-refractivity contribution in [3.63, 3.8) is 0 Å². The van der Waals surface area contributed by atoms with Crippen LogP contribution >= 0.6 is 39.7 Å². The Balaban J connectivity index is 2.42.